The molecule has 10 heteroatoms. The summed E-state index contributed by atoms with van der Waals surface area (Å²) in [4.78, 5) is 47.4. The zero-order chi connectivity index (χ0) is 21.6. The van der Waals surface area contributed by atoms with Crippen molar-refractivity contribution in [1.82, 2.24) is 5.32 Å². The zero-order valence-electron chi connectivity index (χ0n) is 16.0. The van der Waals surface area contributed by atoms with Crippen LogP contribution in [0.3, 0.4) is 0 Å². The van der Waals surface area contributed by atoms with E-state index in [2.05, 4.69) is 15.4 Å². The minimum Gasteiger partial charge on any atom is -0.456 e. The van der Waals surface area contributed by atoms with Crippen LogP contribution < -0.4 is 10.6 Å². The molecule has 0 heterocycles. The van der Waals surface area contributed by atoms with Crippen molar-refractivity contribution in [3.05, 3.63) is 27.8 Å². The second-order valence-corrected chi connectivity index (χ2v) is 6.49. The van der Waals surface area contributed by atoms with Crippen molar-refractivity contribution in [2.45, 2.75) is 33.8 Å². The third-order valence-electron chi connectivity index (χ3n) is 4.05. The molecule has 0 aliphatic heterocycles. The Balaban J connectivity index is 3.38. The number of rotatable bonds is 8. The highest BCUT2D eigenvalue weighted by Gasteiger charge is 2.25. The average molecular weight is 415 g/mol. The molecule has 1 unspecified atom stereocenters. The van der Waals surface area contributed by atoms with Gasteiger partial charge in [0, 0.05) is 30.3 Å². The topological polar surface area (TPSA) is 142 Å². The van der Waals surface area contributed by atoms with E-state index in [4.69, 9.17) is 16.7 Å². The lowest BCUT2D eigenvalue weighted by Crippen LogP contribution is -2.35. The first-order valence-corrected chi connectivity index (χ1v) is 8.72. The molecule has 0 aliphatic carbocycles. The predicted octanol–water partition coefficient (Wildman–Crippen LogP) is 0.575. The minimum absolute atomic E-state index is 0.0582. The molecule has 0 saturated heterocycles. The molecule has 0 radical (unpaired) electrons. The quantitative estimate of drug-likeness (QED) is 0.360. The first kappa shape index (κ1) is 23.5. The van der Waals surface area contributed by atoms with Crippen molar-refractivity contribution < 1.29 is 34.1 Å². The fraction of sp³-hybridized carbons (Fsp3) is 0.444. The van der Waals surface area contributed by atoms with Gasteiger partial charge in [-0.3, -0.25) is 19.2 Å². The summed E-state index contributed by atoms with van der Waals surface area (Å²) in [5, 5.41) is 22.5. The van der Waals surface area contributed by atoms with E-state index in [-0.39, 0.29) is 23.4 Å². The number of benzene rings is 1. The van der Waals surface area contributed by atoms with E-state index in [0.717, 1.165) is 6.92 Å². The summed E-state index contributed by atoms with van der Waals surface area (Å²) < 4.78 is 4.64. The number of carbonyl (C=O) groups is 4. The van der Waals surface area contributed by atoms with Crippen LogP contribution in [0.15, 0.2) is 0 Å². The van der Waals surface area contributed by atoms with Crippen LogP contribution in [0.25, 0.3) is 0 Å². The van der Waals surface area contributed by atoms with E-state index in [1.807, 2.05) is 0 Å². The third kappa shape index (κ3) is 5.75. The Morgan fingerprint density at radius 3 is 2.14 bits per heavy atom. The maximum Gasteiger partial charge on any atom is 0.303 e. The Morgan fingerprint density at radius 2 is 1.64 bits per heavy atom. The van der Waals surface area contributed by atoms with Crippen LogP contribution in [-0.2, 0) is 14.3 Å². The molecule has 0 aromatic heterocycles. The molecule has 2 amide bonds. The van der Waals surface area contributed by atoms with E-state index in [1.165, 1.54) is 6.92 Å². The third-order valence-corrected chi connectivity index (χ3v) is 4.24. The Hall–Kier alpha value is -2.49. The summed E-state index contributed by atoms with van der Waals surface area (Å²) in [6.07, 6.45) is -1.15. The lowest BCUT2D eigenvalue weighted by molar-refractivity contribution is -0.144. The van der Waals surface area contributed by atoms with Crippen molar-refractivity contribution in [3.8, 4) is 0 Å². The maximum atomic E-state index is 12.6. The number of hydrogen-bond donors (Lipinski definition) is 4. The maximum absolute atomic E-state index is 12.6. The highest BCUT2D eigenvalue weighted by molar-refractivity contribution is 6.68. The van der Waals surface area contributed by atoms with Gasteiger partial charge < -0.3 is 25.6 Å². The van der Waals surface area contributed by atoms with Crippen molar-refractivity contribution in [1.29, 1.82) is 0 Å². The van der Waals surface area contributed by atoms with Crippen LogP contribution in [0.5, 0.6) is 0 Å². The summed E-state index contributed by atoms with van der Waals surface area (Å²) in [6.45, 7) is 4.56. The van der Waals surface area contributed by atoms with Crippen LogP contribution in [0.1, 0.15) is 44.3 Å². The fourth-order valence-electron chi connectivity index (χ4n) is 2.75. The second-order valence-electron chi connectivity index (χ2n) is 6.15. The normalized spacial score (nSPS) is 11.5. The largest absolute Gasteiger partial charge is 0.456 e. The van der Waals surface area contributed by atoms with E-state index in [9.17, 15) is 24.3 Å². The number of anilines is 1. The number of halogens is 1. The number of esters is 1. The molecule has 28 heavy (non-hydrogen) atoms. The van der Waals surface area contributed by atoms with Crippen LogP contribution in [0, 0.1) is 20.8 Å². The number of nitrogens with one attached hydrogen (secondary N) is 2. The first-order valence-electron chi connectivity index (χ1n) is 8.35. The van der Waals surface area contributed by atoms with Gasteiger partial charge >= 0.3 is 5.97 Å². The standard InChI is InChI=1S/C18H23ClN2O7/c1-8-14(17(19)26)9(2)16(21-13(25)7-28-11(4)23)10(3)15(8)18(27)20-5-12(24)6-22/h12,22,24H,5-7H2,1-4H3,(H,20,27)(H,21,25). The van der Waals surface area contributed by atoms with Gasteiger partial charge in [-0.1, -0.05) is 0 Å². The molecule has 1 rings (SSSR count). The minimum atomic E-state index is -1.15. The molecule has 0 saturated carbocycles. The van der Waals surface area contributed by atoms with Gasteiger partial charge in [0.05, 0.1) is 12.7 Å². The summed E-state index contributed by atoms with van der Waals surface area (Å²) in [5.74, 6) is -1.90. The van der Waals surface area contributed by atoms with Gasteiger partial charge in [0.25, 0.3) is 17.1 Å². The molecule has 0 bridgehead atoms. The van der Waals surface area contributed by atoms with Crippen molar-refractivity contribution >= 4 is 40.3 Å². The van der Waals surface area contributed by atoms with Gasteiger partial charge in [-0.05, 0) is 49.1 Å². The van der Waals surface area contributed by atoms with Gasteiger partial charge in [0.2, 0.25) is 0 Å². The van der Waals surface area contributed by atoms with Crippen molar-refractivity contribution in [2.75, 3.05) is 25.1 Å². The molecule has 0 aliphatic rings. The molecular formula is C18H23ClN2O7. The van der Waals surface area contributed by atoms with E-state index in [1.54, 1.807) is 13.8 Å². The number of aliphatic hydroxyl groups is 2. The van der Waals surface area contributed by atoms with Gasteiger partial charge in [-0.2, -0.15) is 0 Å². The molecule has 0 fully saturated rings. The molecule has 4 N–H and O–H groups in total. The fourth-order valence-corrected chi connectivity index (χ4v) is 3.03. The van der Waals surface area contributed by atoms with Gasteiger partial charge in [-0.25, -0.2) is 0 Å². The highest BCUT2D eigenvalue weighted by atomic mass is 35.5. The molecule has 1 aromatic carbocycles. The summed E-state index contributed by atoms with van der Waals surface area (Å²) in [5.41, 5.74) is 1.39. The Bertz CT molecular complexity index is 808. The summed E-state index contributed by atoms with van der Waals surface area (Å²) in [7, 11) is 0. The zero-order valence-corrected chi connectivity index (χ0v) is 16.8. The average Bonchev–Trinajstić information content (AvgIpc) is 2.61. The van der Waals surface area contributed by atoms with Gasteiger partial charge in [0.15, 0.2) is 6.61 Å². The van der Waals surface area contributed by atoms with Crippen LogP contribution in [0.2, 0.25) is 0 Å². The van der Waals surface area contributed by atoms with Crippen LogP contribution in [0.4, 0.5) is 5.69 Å². The highest BCUT2D eigenvalue weighted by Crippen LogP contribution is 2.32. The molecule has 1 atom stereocenters. The van der Waals surface area contributed by atoms with E-state index in [0.29, 0.717) is 16.7 Å². The number of carbonyl (C=O) groups excluding carboxylic acids is 4. The monoisotopic (exact) mass is 414 g/mol. The Labute approximate surface area is 167 Å². The smallest absolute Gasteiger partial charge is 0.303 e. The van der Waals surface area contributed by atoms with Crippen LogP contribution >= 0.6 is 11.6 Å². The molecular weight excluding hydrogens is 392 g/mol. The van der Waals surface area contributed by atoms with Crippen molar-refractivity contribution in [2.24, 2.45) is 0 Å². The van der Waals surface area contributed by atoms with E-state index < -0.39 is 42.3 Å². The van der Waals surface area contributed by atoms with Crippen LogP contribution in [-0.4, -0.2) is 59.1 Å². The number of ether oxygens (including phenoxy) is 1. The van der Waals surface area contributed by atoms with Gasteiger partial charge in [0.1, 0.15) is 0 Å². The van der Waals surface area contributed by atoms with E-state index >= 15 is 0 Å². The Kier molecular flexibility index (Phi) is 8.55. The molecule has 154 valence electrons. The molecule has 1 aromatic rings. The van der Waals surface area contributed by atoms with Gasteiger partial charge in [-0.15, -0.1) is 0 Å². The molecule has 9 nitrogen and oxygen atoms in total. The lowest BCUT2D eigenvalue weighted by Gasteiger charge is -2.21. The summed E-state index contributed by atoms with van der Waals surface area (Å²) in [6, 6.07) is 0. The number of amides is 2. The predicted molar refractivity (Wildman–Crippen MR) is 102 cm³/mol. The first-order chi connectivity index (χ1) is 13.0. The molecule has 0 spiro atoms. The number of hydrogen-bond acceptors (Lipinski definition) is 7. The van der Waals surface area contributed by atoms with Crippen molar-refractivity contribution in [3.63, 3.8) is 0 Å². The summed E-state index contributed by atoms with van der Waals surface area (Å²) >= 11 is 5.68. The number of aliphatic hydroxyl groups excluding tert-OH is 2. The SMILES string of the molecule is CC(=O)OCC(=O)Nc1c(C)c(C(=O)Cl)c(C)c(C(=O)NCC(O)CO)c1C. The Morgan fingerprint density at radius 1 is 1.07 bits per heavy atom. The second kappa shape index (κ2) is 10.2. The lowest BCUT2D eigenvalue weighted by atomic mass is 9.91.